The van der Waals surface area contributed by atoms with Crippen molar-refractivity contribution in [2.75, 3.05) is 31.1 Å². The monoisotopic (exact) mass is 581 g/mol. The SMILES string of the molecule is O=C(c1cc(Cl)nc(Cl)c1)N1CC2(CCN(CC=Cc3ccc(F)cc3F)CC2)c2cc(C(F)(F)F)ccc21. The van der Waals surface area contributed by atoms with Crippen molar-refractivity contribution in [3.8, 4) is 0 Å². The van der Waals surface area contributed by atoms with Crippen LogP contribution in [0.5, 0.6) is 0 Å². The Morgan fingerprint density at radius 1 is 1.00 bits per heavy atom. The van der Waals surface area contributed by atoms with Crippen molar-refractivity contribution >= 4 is 40.9 Å². The van der Waals surface area contributed by atoms with Crippen LogP contribution in [0.15, 0.2) is 54.6 Å². The number of amides is 1. The van der Waals surface area contributed by atoms with Gasteiger partial charge in [-0.05, 0) is 74.0 Å². The van der Waals surface area contributed by atoms with E-state index < -0.39 is 34.7 Å². The maximum Gasteiger partial charge on any atom is 0.416 e. The zero-order valence-electron chi connectivity index (χ0n) is 20.4. The third-order valence-electron chi connectivity index (χ3n) is 7.34. The number of benzene rings is 2. The third kappa shape index (κ3) is 5.66. The summed E-state index contributed by atoms with van der Waals surface area (Å²) in [5.41, 5.74) is -0.0663. The number of anilines is 1. The van der Waals surface area contributed by atoms with Crippen molar-refractivity contribution in [2.24, 2.45) is 0 Å². The van der Waals surface area contributed by atoms with Gasteiger partial charge in [-0.3, -0.25) is 9.69 Å². The Bertz CT molecular complexity index is 1430. The first-order chi connectivity index (χ1) is 18.4. The van der Waals surface area contributed by atoms with E-state index in [-0.39, 0.29) is 28.0 Å². The second kappa shape index (κ2) is 10.5. The van der Waals surface area contributed by atoms with Crippen molar-refractivity contribution in [2.45, 2.75) is 24.4 Å². The van der Waals surface area contributed by atoms with Crippen LogP contribution in [0.3, 0.4) is 0 Å². The van der Waals surface area contributed by atoms with E-state index in [1.165, 1.54) is 35.2 Å². The van der Waals surface area contributed by atoms with Gasteiger partial charge in [0.1, 0.15) is 21.9 Å². The Kier molecular flexibility index (Phi) is 7.43. The zero-order chi connectivity index (χ0) is 27.9. The topological polar surface area (TPSA) is 36.4 Å². The summed E-state index contributed by atoms with van der Waals surface area (Å²) in [6.07, 6.45) is -0.152. The van der Waals surface area contributed by atoms with E-state index in [2.05, 4.69) is 9.88 Å². The van der Waals surface area contributed by atoms with Gasteiger partial charge < -0.3 is 4.90 Å². The van der Waals surface area contributed by atoms with Crippen molar-refractivity contribution in [1.29, 1.82) is 0 Å². The highest BCUT2D eigenvalue weighted by molar-refractivity contribution is 6.33. The number of halogens is 7. The van der Waals surface area contributed by atoms with Crippen LogP contribution in [0.4, 0.5) is 27.6 Å². The van der Waals surface area contributed by atoms with Crippen LogP contribution in [0, 0.1) is 11.6 Å². The number of alkyl halides is 3. The normalized spacial score (nSPS) is 17.3. The fourth-order valence-corrected chi connectivity index (χ4v) is 5.79. The van der Waals surface area contributed by atoms with E-state index in [9.17, 15) is 26.7 Å². The molecule has 1 saturated heterocycles. The van der Waals surface area contributed by atoms with Gasteiger partial charge in [0.15, 0.2) is 0 Å². The molecule has 1 spiro atoms. The molecule has 4 nitrogen and oxygen atoms in total. The number of likely N-dealkylation sites (tertiary alicyclic amines) is 1. The lowest BCUT2D eigenvalue weighted by Crippen LogP contribution is -2.46. The minimum absolute atomic E-state index is 0.0364. The fraction of sp³-hybridized carbons (Fsp3) is 0.286. The predicted molar refractivity (Wildman–Crippen MR) is 140 cm³/mol. The van der Waals surface area contributed by atoms with Gasteiger partial charge in [-0.15, -0.1) is 0 Å². The average molecular weight is 582 g/mol. The van der Waals surface area contributed by atoms with Crippen LogP contribution in [0.25, 0.3) is 6.08 Å². The molecule has 0 aliphatic carbocycles. The molecule has 204 valence electrons. The molecule has 1 aromatic heterocycles. The number of hydrogen-bond acceptors (Lipinski definition) is 3. The van der Waals surface area contributed by atoms with Crippen LogP contribution >= 0.6 is 23.2 Å². The quantitative estimate of drug-likeness (QED) is 0.238. The lowest BCUT2D eigenvalue weighted by atomic mass is 9.74. The summed E-state index contributed by atoms with van der Waals surface area (Å²) < 4.78 is 67.9. The second-order valence-corrected chi connectivity index (χ2v) is 10.5. The molecule has 3 heterocycles. The van der Waals surface area contributed by atoms with E-state index in [0.29, 0.717) is 43.7 Å². The lowest BCUT2D eigenvalue weighted by molar-refractivity contribution is -0.137. The standard InChI is InChI=1S/C28H22Cl2F5N3O/c29-24-12-18(13-25(30)36-24)26(39)38-16-27(21-14-19(28(33,34)35)4-6-23(21)38)7-10-37(11-8-27)9-1-2-17-3-5-20(31)15-22(17)32/h1-6,12-15H,7-11,16H2. The maximum absolute atomic E-state index is 13.9. The molecule has 1 amide bonds. The summed E-state index contributed by atoms with van der Waals surface area (Å²) in [6.45, 7) is 1.81. The molecule has 0 unspecified atom stereocenters. The van der Waals surface area contributed by atoms with Gasteiger partial charge in [-0.2, -0.15) is 13.2 Å². The predicted octanol–water partition coefficient (Wildman–Crippen LogP) is 7.39. The summed E-state index contributed by atoms with van der Waals surface area (Å²) in [5.74, 6) is -1.74. The number of pyridine rings is 1. The van der Waals surface area contributed by atoms with Crippen molar-refractivity contribution < 1.29 is 26.7 Å². The molecule has 1 fully saturated rings. The smallest absolute Gasteiger partial charge is 0.307 e. The van der Waals surface area contributed by atoms with Gasteiger partial charge >= 0.3 is 6.18 Å². The Hall–Kier alpha value is -3.01. The first-order valence-electron chi connectivity index (χ1n) is 12.2. The largest absolute Gasteiger partial charge is 0.416 e. The average Bonchev–Trinajstić information content (AvgIpc) is 3.18. The van der Waals surface area contributed by atoms with Crippen molar-refractivity contribution in [3.63, 3.8) is 0 Å². The van der Waals surface area contributed by atoms with Crippen molar-refractivity contribution in [1.82, 2.24) is 9.88 Å². The van der Waals surface area contributed by atoms with Gasteiger partial charge in [0, 0.05) is 41.4 Å². The first-order valence-corrected chi connectivity index (χ1v) is 12.9. The number of piperidine rings is 1. The molecule has 0 radical (unpaired) electrons. The molecule has 0 atom stereocenters. The van der Waals surface area contributed by atoms with E-state index in [1.54, 1.807) is 12.2 Å². The maximum atomic E-state index is 13.9. The van der Waals surface area contributed by atoms with Crippen LogP contribution in [-0.4, -0.2) is 42.0 Å². The van der Waals surface area contributed by atoms with Gasteiger partial charge in [0.05, 0.1) is 5.56 Å². The molecule has 2 aliphatic rings. The van der Waals surface area contributed by atoms with Crippen LogP contribution in [-0.2, 0) is 11.6 Å². The lowest BCUT2D eigenvalue weighted by Gasteiger charge is -2.39. The Balaban J connectivity index is 1.38. The number of carbonyl (C=O) groups is 1. The summed E-state index contributed by atoms with van der Waals surface area (Å²) in [6, 6.07) is 9.60. The summed E-state index contributed by atoms with van der Waals surface area (Å²) in [5, 5.41) is 0.0727. The first kappa shape index (κ1) is 27.6. The number of carbonyl (C=O) groups excluding carboxylic acids is 1. The van der Waals surface area contributed by atoms with Gasteiger partial charge in [0.25, 0.3) is 5.91 Å². The molecular weight excluding hydrogens is 560 g/mol. The van der Waals surface area contributed by atoms with E-state index >= 15 is 0 Å². The zero-order valence-corrected chi connectivity index (χ0v) is 21.9. The Morgan fingerprint density at radius 3 is 2.33 bits per heavy atom. The Morgan fingerprint density at radius 2 is 1.69 bits per heavy atom. The molecule has 0 saturated carbocycles. The van der Waals surface area contributed by atoms with E-state index in [1.807, 2.05) is 0 Å². The molecule has 0 bridgehead atoms. The van der Waals surface area contributed by atoms with Gasteiger partial charge in [-0.1, -0.05) is 35.4 Å². The van der Waals surface area contributed by atoms with Gasteiger partial charge in [-0.25, -0.2) is 13.8 Å². The molecule has 5 rings (SSSR count). The third-order valence-corrected chi connectivity index (χ3v) is 7.73. The van der Waals surface area contributed by atoms with Crippen molar-refractivity contribution in [3.05, 3.63) is 98.8 Å². The summed E-state index contributed by atoms with van der Waals surface area (Å²) in [7, 11) is 0. The van der Waals surface area contributed by atoms with Crippen LogP contribution in [0.1, 0.15) is 39.9 Å². The molecule has 11 heteroatoms. The summed E-state index contributed by atoms with van der Waals surface area (Å²) in [4.78, 5) is 20.9. The number of aromatic nitrogens is 1. The van der Waals surface area contributed by atoms with E-state index in [4.69, 9.17) is 23.2 Å². The molecule has 3 aromatic rings. The van der Waals surface area contributed by atoms with E-state index in [0.717, 1.165) is 18.2 Å². The number of rotatable bonds is 4. The molecule has 2 aliphatic heterocycles. The molecule has 39 heavy (non-hydrogen) atoms. The number of fused-ring (bicyclic) bond motifs is 2. The number of nitrogens with zero attached hydrogens (tertiary/aromatic N) is 3. The number of hydrogen-bond donors (Lipinski definition) is 0. The minimum Gasteiger partial charge on any atom is -0.307 e. The molecule has 0 N–H and O–H groups in total. The minimum atomic E-state index is -4.53. The second-order valence-electron chi connectivity index (χ2n) is 9.77. The highest BCUT2D eigenvalue weighted by atomic mass is 35.5. The summed E-state index contributed by atoms with van der Waals surface area (Å²) >= 11 is 12.0. The highest BCUT2D eigenvalue weighted by Gasteiger charge is 2.47. The van der Waals surface area contributed by atoms with Crippen LogP contribution in [0.2, 0.25) is 10.3 Å². The van der Waals surface area contributed by atoms with Gasteiger partial charge in [0.2, 0.25) is 0 Å². The molecule has 2 aromatic carbocycles. The highest BCUT2D eigenvalue weighted by Crippen LogP contribution is 2.49. The molecular formula is C28H22Cl2F5N3O. The van der Waals surface area contributed by atoms with Crippen LogP contribution < -0.4 is 4.90 Å². The Labute approximate surface area is 231 Å². The fourth-order valence-electron chi connectivity index (χ4n) is 5.33.